The Labute approximate surface area is 128 Å². The summed E-state index contributed by atoms with van der Waals surface area (Å²) in [5.41, 5.74) is -0.198. The molecule has 1 fully saturated rings. The molecule has 0 atom stereocenters. The normalized spacial score (nSPS) is 25.0. The van der Waals surface area contributed by atoms with E-state index in [1.165, 1.54) is 0 Å². The van der Waals surface area contributed by atoms with Crippen LogP contribution >= 0.6 is 11.3 Å². The first-order chi connectivity index (χ1) is 9.63. The number of carbonyl (C=O) groups excluding carboxylic acids is 1. The number of carboxylic acid groups (broad SMARTS) is 1. The second kappa shape index (κ2) is 5.33. The van der Waals surface area contributed by atoms with Crippen LogP contribution < -0.4 is 5.32 Å². The van der Waals surface area contributed by atoms with Crippen molar-refractivity contribution in [1.82, 2.24) is 5.32 Å². The fourth-order valence-corrected chi connectivity index (χ4v) is 3.52. The molecule has 6 heteroatoms. The first-order valence-electron chi connectivity index (χ1n) is 6.91. The predicted octanol–water partition coefficient (Wildman–Crippen LogP) is 3.27. The third kappa shape index (κ3) is 3.37. The lowest BCUT2D eigenvalue weighted by Crippen LogP contribution is -2.57. The summed E-state index contributed by atoms with van der Waals surface area (Å²) < 4.78 is 5.31. The van der Waals surface area contributed by atoms with Gasteiger partial charge in [0.05, 0.1) is 11.5 Å². The number of amides is 1. The topological polar surface area (TPSA) is 75.6 Å². The minimum Gasteiger partial charge on any atom is -0.481 e. The number of hydrogen-bond donors (Lipinski definition) is 2. The van der Waals surface area contributed by atoms with Crippen LogP contribution in [-0.4, -0.2) is 22.8 Å². The molecule has 0 aromatic carbocycles. The van der Waals surface area contributed by atoms with E-state index < -0.39 is 29.1 Å². The van der Waals surface area contributed by atoms with E-state index in [1.807, 2.05) is 18.4 Å². The molecule has 1 amide bonds. The lowest BCUT2D eigenvalue weighted by Gasteiger charge is -2.46. The number of nitrogens with one attached hydrogen (secondary N) is 1. The molecule has 1 saturated carbocycles. The Morgan fingerprint density at radius 3 is 2.48 bits per heavy atom. The van der Waals surface area contributed by atoms with Gasteiger partial charge in [-0.3, -0.25) is 4.79 Å². The van der Waals surface area contributed by atoms with Gasteiger partial charge in [-0.25, -0.2) is 4.79 Å². The summed E-state index contributed by atoms with van der Waals surface area (Å²) in [6, 6.07) is 1.95. The smallest absolute Gasteiger partial charge is 0.408 e. The number of thiophene rings is 1. The Kier molecular flexibility index (Phi) is 4.02. The van der Waals surface area contributed by atoms with Crippen molar-refractivity contribution in [3.05, 3.63) is 21.9 Å². The van der Waals surface area contributed by atoms with Gasteiger partial charge in [-0.1, -0.05) is 0 Å². The molecular weight excluding hydrogens is 290 g/mol. The number of carboxylic acids is 1. The van der Waals surface area contributed by atoms with E-state index in [0.29, 0.717) is 12.8 Å². The number of aliphatic carboxylic acids is 1. The predicted molar refractivity (Wildman–Crippen MR) is 80.5 cm³/mol. The van der Waals surface area contributed by atoms with Crippen molar-refractivity contribution < 1.29 is 19.4 Å². The third-order valence-electron chi connectivity index (χ3n) is 3.65. The van der Waals surface area contributed by atoms with Crippen LogP contribution in [0.4, 0.5) is 4.79 Å². The van der Waals surface area contributed by atoms with Gasteiger partial charge in [0.2, 0.25) is 0 Å². The quantitative estimate of drug-likeness (QED) is 0.898. The van der Waals surface area contributed by atoms with E-state index in [4.69, 9.17) is 9.84 Å². The molecule has 2 rings (SSSR count). The van der Waals surface area contributed by atoms with Crippen LogP contribution in [0.3, 0.4) is 0 Å². The molecule has 1 heterocycles. The van der Waals surface area contributed by atoms with Gasteiger partial charge in [0.1, 0.15) is 5.60 Å². The van der Waals surface area contributed by atoms with Gasteiger partial charge in [0, 0.05) is 4.88 Å². The minimum atomic E-state index is -0.815. The van der Waals surface area contributed by atoms with Crippen LogP contribution in [-0.2, 0) is 15.1 Å². The zero-order valence-corrected chi connectivity index (χ0v) is 13.5. The maximum Gasteiger partial charge on any atom is 0.408 e. The molecule has 2 N–H and O–H groups in total. The monoisotopic (exact) mass is 311 g/mol. The maximum absolute atomic E-state index is 12.1. The lowest BCUT2D eigenvalue weighted by atomic mass is 9.65. The molecule has 0 unspecified atom stereocenters. The fourth-order valence-electron chi connectivity index (χ4n) is 2.73. The van der Waals surface area contributed by atoms with Gasteiger partial charge in [0.25, 0.3) is 0 Å². The molecular formula is C15H21NO4S. The second-order valence-corrected chi connectivity index (χ2v) is 7.66. The first kappa shape index (κ1) is 15.8. The van der Waals surface area contributed by atoms with Crippen LogP contribution in [0.15, 0.2) is 11.4 Å². The Balaban J connectivity index is 2.18. The highest BCUT2D eigenvalue weighted by Gasteiger charge is 2.51. The summed E-state index contributed by atoms with van der Waals surface area (Å²) in [6.07, 6.45) is 0.301. The average Bonchev–Trinajstić information content (AvgIpc) is 2.66. The summed E-state index contributed by atoms with van der Waals surface area (Å²) in [6.45, 7) is 7.38. The maximum atomic E-state index is 12.1. The number of alkyl carbamates (subject to hydrolysis) is 1. The number of hydrogen-bond acceptors (Lipinski definition) is 4. The van der Waals surface area contributed by atoms with Gasteiger partial charge in [-0.2, -0.15) is 0 Å². The van der Waals surface area contributed by atoms with E-state index in [9.17, 15) is 9.59 Å². The van der Waals surface area contributed by atoms with E-state index in [2.05, 4.69) is 5.32 Å². The molecule has 21 heavy (non-hydrogen) atoms. The fraction of sp³-hybridized carbons (Fsp3) is 0.600. The van der Waals surface area contributed by atoms with Crippen molar-refractivity contribution in [3.8, 4) is 0 Å². The molecule has 1 aromatic heterocycles. The summed E-state index contributed by atoms with van der Waals surface area (Å²) >= 11 is 1.59. The molecule has 116 valence electrons. The molecule has 1 aromatic rings. The van der Waals surface area contributed by atoms with E-state index in [1.54, 1.807) is 32.1 Å². The highest BCUT2D eigenvalue weighted by atomic mass is 32.1. The van der Waals surface area contributed by atoms with Crippen LogP contribution in [0.1, 0.15) is 44.1 Å². The van der Waals surface area contributed by atoms with Crippen molar-refractivity contribution in [2.24, 2.45) is 5.92 Å². The molecule has 5 nitrogen and oxygen atoms in total. The van der Waals surface area contributed by atoms with Gasteiger partial charge >= 0.3 is 12.1 Å². The zero-order valence-electron chi connectivity index (χ0n) is 12.7. The van der Waals surface area contributed by atoms with Crippen molar-refractivity contribution in [2.75, 3.05) is 0 Å². The van der Waals surface area contributed by atoms with Gasteiger partial charge in [-0.15, -0.1) is 11.3 Å². The number of rotatable bonds is 3. The van der Waals surface area contributed by atoms with E-state index in [-0.39, 0.29) is 0 Å². The highest BCUT2D eigenvalue weighted by Crippen LogP contribution is 2.48. The molecule has 0 radical (unpaired) electrons. The highest BCUT2D eigenvalue weighted by molar-refractivity contribution is 7.10. The molecule has 0 aliphatic heterocycles. The number of aryl methyl sites for hydroxylation is 1. The zero-order chi connectivity index (χ0) is 15.8. The van der Waals surface area contributed by atoms with Gasteiger partial charge in [-0.05, 0) is 57.5 Å². The first-order valence-corrected chi connectivity index (χ1v) is 7.79. The standard InChI is InChI=1S/C15H21NO4S/c1-9-11(5-6-21-9)15(7-10(8-15)12(17)18)16-13(19)20-14(2,3)4/h5-6,10H,7-8H2,1-4H3,(H,16,19)(H,17,18). The number of ether oxygens (including phenoxy) is 1. The molecule has 0 spiro atoms. The molecule has 0 saturated heterocycles. The summed E-state index contributed by atoms with van der Waals surface area (Å²) in [5, 5.41) is 14.0. The Morgan fingerprint density at radius 2 is 2.05 bits per heavy atom. The second-order valence-electron chi connectivity index (χ2n) is 6.54. The summed E-state index contributed by atoms with van der Waals surface area (Å²) in [4.78, 5) is 24.3. The van der Waals surface area contributed by atoms with Crippen LogP contribution in [0.5, 0.6) is 0 Å². The summed E-state index contributed by atoms with van der Waals surface area (Å²) in [7, 11) is 0. The summed E-state index contributed by atoms with van der Waals surface area (Å²) in [5.74, 6) is -1.23. The van der Waals surface area contributed by atoms with Crippen LogP contribution in [0, 0.1) is 12.8 Å². The van der Waals surface area contributed by atoms with Crippen LogP contribution in [0.2, 0.25) is 0 Å². The molecule has 1 aliphatic rings. The Morgan fingerprint density at radius 1 is 1.43 bits per heavy atom. The molecule has 1 aliphatic carbocycles. The van der Waals surface area contributed by atoms with Crippen molar-refractivity contribution in [3.63, 3.8) is 0 Å². The van der Waals surface area contributed by atoms with Gasteiger partial charge in [0.15, 0.2) is 0 Å². The van der Waals surface area contributed by atoms with Crippen molar-refractivity contribution in [1.29, 1.82) is 0 Å². The Hall–Kier alpha value is -1.56. The average molecular weight is 311 g/mol. The van der Waals surface area contributed by atoms with Crippen molar-refractivity contribution in [2.45, 2.75) is 51.7 Å². The third-order valence-corrected chi connectivity index (χ3v) is 4.50. The van der Waals surface area contributed by atoms with E-state index in [0.717, 1.165) is 10.4 Å². The lowest BCUT2D eigenvalue weighted by molar-refractivity contribution is -0.148. The number of carbonyl (C=O) groups is 2. The minimum absolute atomic E-state index is 0.402. The van der Waals surface area contributed by atoms with Crippen LogP contribution in [0.25, 0.3) is 0 Å². The largest absolute Gasteiger partial charge is 0.481 e. The van der Waals surface area contributed by atoms with E-state index >= 15 is 0 Å². The van der Waals surface area contributed by atoms with Gasteiger partial charge < -0.3 is 15.2 Å². The Bertz CT molecular complexity index is 552. The SMILES string of the molecule is Cc1sccc1C1(NC(=O)OC(C)(C)C)CC(C(=O)O)C1. The van der Waals surface area contributed by atoms with Crippen molar-refractivity contribution >= 4 is 23.4 Å². The molecule has 0 bridgehead atoms.